The van der Waals surface area contributed by atoms with Gasteiger partial charge in [0.05, 0.1) is 6.61 Å². The number of para-hydroxylation sites is 1. The standard InChI is InChI=1S/C20H24N2O3/c23-20(25-16-17-7-3-1-4-8-17)22-13-12-21-18(15-22)11-14-24-19-9-5-2-6-10-19/h1-10,18,21H,11-16H2. The van der Waals surface area contributed by atoms with Gasteiger partial charge in [0.1, 0.15) is 12.4 Å². The zero-order valence-electron chi connectivity index (χ0n) is 14.3. The molecule has 5 heteroatoms. The minimum absolute atomic E-state index is 0.224. The Labute approximate surface area is 148 Å². The van der Waals surface area contributed by atoms with Crippen molar-refractivity contribution >= 4 is 6.09 Å². The second-order valence-corrected chi connectivity index (χ2v) is 6.09. The van der Waals surface area contributed by atoms with Gasteiger partial charge < -0.3 is 19.7 Å². The van der Waals surface area contributed by atoms with Gasteiger partial charge in [-0.05, 0) is 24.1 Å². The maximum absolute atomic E-state index is 12.3. The van der Waals surface area contributed by atoms with E-state index >= 15 is 0 Å². The van der Waals surface area contributed by atoms with Crippen LogP contribution in [0.25, 0.3) is 0 Å². The molecule has 0 spiro atoms. The number of nitrogens with one attached hydrogen (secondary N) is 1. The predicted molar refractivity (Wildman–Crippen MR) is 96.5 cm³/mol. The lowest BCUT2D eigenvalue weighted by Crippen LogP contribution is -2.53. The molecule has 1 heterocycles. The zero-order valence-corrected chi connectivity index (χ0v) is 14.3. The second-order valence-electron chi connectivity index (χ2n) is 6.09. The van der Waals surface area contributed by atoms with Gasteiger partial charge in [-0.2, -0.15) is 0 Å². The van der Waals surface area contributed by atoms with Crippen LogP contribution >= 0.6 is 0 Å². The molecule has 0 radical (unpaired) electrons. The molecule has 3 rings (SSSR count). The highest BCUT2D eigenvalue weighted by Crippen LogP contribution is 2.11. The van der Waals surface area contributed by atoms with Crippen molar-refractivity contribution in [3.63, 3.8) is 0 Å². The van der Waals surface area contributed by atoms with Gasteiger partial charge in [-0.1, -0.05) is 48.5 Å². The normalized spacial score (nSPS) is 17.1. The van der Waals surface area contributed by atoms with Gasteiger partial charge in [0, 0.05) is 25.7 Å². The van der Waals surface area contributed by atoms with Crippen molar-refractivity contribution in [2.24, 2.45) is 0 Å². The van der Waals surface area contributed by atoms with Crippen LogP contribution in [0.15, 0.2) is 60.7 Å². The monoisotopic (exact) mass is 340 g/mol. The van der Waals surface area contributed by atoms with Gasteiger partial charge in [-0.3, -0.25) is 0 Å². The van der Waals surface area contributed by atoms with E-state index in [2.05, 4.69) is 5.32 Å². The van der Waals surface area contributed by atoms with E-state index in [9.17, 15) is 4.79 Å². The smallest absolute Gasteiger partial charge is 0.410 e. The molecule has 0 saturated carbocycles. The number of nitrogens with zero attached hydrogens (tertiary/aromatic N) is 1. The summed E-state index contributed by atoms with van der Waals surface area (Å²) in [5, 5.41) is 3.43. The van der Waals surface area contributed by atoms with Gasteiger partial charge in [0.25, 0.3) is 0 Å². The van der Waals surface area contributed by atoms with Crippen molar-refractivity contribution in [2.75, 3.05) is 26.2 Å². The summed E-state index contributed by atoms with van der Waals surface area (Å²) >= 11 is 0. The summed E-state index contributed by atoms with van der Waals surface area (Å²) in [4.78, 5) is 14.0. The predicted octanol–water partition coefficient (Wildman–Crippen LogP) is 3.07. The Morgan fingerprint density at radius 3 is 2.56 bits per heavy atom. The van der Waals surface area contributed by atoms with E-state index in [-0.39, 0.29) is 12.1 Å². The van der Waals surface area contributed by atoms with Crippen molar-refractivity contribution in [1.82, 2.24) is 10.2 Å². The molecule has 1 atom stereocenters. The Hall–Kier alpha value is -2.53. The number of hydrogen-bond acceptors (Lipinski definition) is 4. The van der Waals surface area contributed by atoms with E-state index in [4.69, 9.17) is 9.47 Å². The highest BCUT2D eigenvalue weighted by molar-refractivity contribution is 5.67. The summed E-state index contributed by atoms with van der Waals surface area (Å²) in [6, 6.07) is 19.7. The van der Waals surface area contributed by atoms with Crippen LogP contribution < -0.4 is 10.1 Å². The minimum Gasteiger partial charge on any atom is -0.494 e. The lowest BCUT2D eigenvalue weighted by molar-refractivity contribution is 0.0827. The van der Waals surface area contributed by atoms with Crippen LogP contribution in [0.3, 0.4) is 0 Å². The number of ether oxygens (including phenoxy) is 2. The molecule has 2 aromatic rings. The van der Waals surface area contributed by atoms with Crippen molar-refractivity contribution < 1.29 is 14.3 Å². The molecule has 25 heavy (non-hydrogen) atoms. The molecule has 0 bridgehead atoms. The summed E-state index contributed by atoms with van der Waals surface area (Å²) in [7, 11) is 0. The second kappa shape index (κ2) is 9.08. The Kier molecular flexibility index (Phi) is 6.29. The fraction of sp³-hybridized carbons (Fsp3) is 0.350. The molecule has 1 amide bonds. The number of carbonyl (C=O) groups excluding carboxylic acids is 1. The molecule has 1 N–H and O–H groups in total. The number of hydrogen-bond donors (Lipinski definition) is 1. The van der Waals surface area contributed by atoms with Crippen molar-refractivity contribution in [3.8, 4) is 5.75 Å². The third kappa shape index (κ3) is 5.50. The molecule has 2 aromatic carbocycles. The van der Waals surface area contributed by atoms with Crippen molar-refractivity contribution in [2.45, 2.75) is 19.1 Å². The first-order valence-corrected chi connectivity index (χ1v) is 8.68. The number of rotatable bonds is 6. The van der Waals surface area contributed by atoms with E-state index in [1.54, 1.807) is 4.90 Å². The fourth-order valence-electron chi connectivity index (χ4n) is 2.83. The highest BCUT2D eigenvalue weighted by atomic mass is 16.6. The lowest BCUT2D eigenvalue weighted by Gasteiger charge is -2.33. The van der Waals surface area contributed by atoms with Crippen LogP contribution in [0.2, 0.25) is 0 Å². The van der Waals surface area contributed by atoms with Crippen LogP contribution in [0.5, 0.6) is 5.75 Å². The lowest BCUT2D eigenvalue weighted by atomic mass is 10.1. The highest BCUT2D eigenvalue weighted by Gasteiger charge is 2.24. The molecule has 1 aliphatic rings. The van der Waals surface area contributed by atoms with E-state index in [0.29, 0.717) is 26.3 Å². The average molecular weight is 340 g/mol. The number of benzene rings is 2. The van der Waals surface area contributed by atoms with Crippen molar-refractivity contribution in [1.29, 1.82) is 0 Å². The molecule has 1 saturated heterocycles. The van der Waals surface area contributed by atoms with Gasteiger partial charge in [-0.15, -0.1) is 0 Å². The first-order chi connectivity index (χ1) is 12.3. The minimum atomic E-state index is -0.251. The van der Waals surface area contributed by atoms with E-state index in [0.717, 1.165) is 24.3 Å². The first kappa shape index (κ1) is 17.3. The third-order valence-corrected chi connectivity index (χ3v) is 4.20. The largest absolute Gasteiger partial charge is 0.494 e. The summed E-state index contributed by atoms with van der Waals surface area (Å²) in [6.45, 7) is 3.02. The topological polar surface area (TPSA) is 50.8 Å². The summed E-state index contributed by atoms with van der Waals surface area (Å²) in [5.41, 5.74) is 0.999. The summed E-state index contributed by atoms with van der Waals surface area (Å²) in [6.07, 6.45) is 0.594. The molecule has 1 unspecified atom stereocenters. The van der Waals surface area contributed by atoms with Crippen LogP contribution in [0, 0.1) is 0 Å². The molecule has 1 fully saturated rings. The van der Waals surface area contributed by atoms with E-state index in [1.807, 2.05) is 60.7 Å². The maximum atomic E-state index is 12.3. The fourth-order valence-corrected chi connectivity index (χ4v) is 2.83. The molecular formula is C20H24N2O3. The van der Waals surface area contributed by atoms with Crippen molar-refractivity contribution in [3.05, 3.63) is 66.2 Å². The number of amides is 1. The van der Waals surface area contributed by atoms with Gasteiger partial charge in [0.15, 0.2) is 0 Å². The van der Waals surface area contributed by atoms with Gasteiger partial charge in [0.2, 0.25) is 0 Å². The number of piperazine rings is 1. The Bertz CT molecular complexity index is 649. The number of carbonyl (C=O) groups is 1. The quantitative estimate of drug-likeness (QED) is 0.878. The molecule has 0 aromatic heterocycles. The van der Waals surface area contributed by atoms with Crippen LogP contribution in [-0.4, -0.2) is 43.3 Å². The molecule has 132 valence electrons. The molecule has 1 aliphatic heterocycles. The first-order valence-electron chi connectivity index (χ1n) is 8.68. The Balaban J connectivity index is 1.40. The average Bonchev–Trinajstić information content (AvgIpc) is 2.68. The van der Waals surface area contributed by atoms with Crippen LogP contribution in [-0.2, 0) is 11.3 Å². The van der Waals surface area contributed by atoms with Crippen LogP contribution in [0.4, 0.5) is 4.79 Å². The summed E-state index contributed by atoms with van der Waals surface area (Å²) < 4.78 is 11.2. The zero-order chi connectivity index (χ0) is 17.3. The molecule has 0 aliphatic carbocycles. The SMILES string of the molecule is O=C(OCc1ccccc1)N1CCNC(CCOc2ccccc2)C1. The Morgan fingerprint density at radius 2 is 1.80 bits per heavy atom. The molecular weight excluding hydrogens is 316 g/mol. The molecule has 5 nitrogen and oxygen atoms in total. The van der Waals surface area contributed by atoms with E-state index in [1.165, 1.54) is 0 Å². The van der Waals surface area contributed by atoms with E-state index < -0.39 is 0 Å². The Morgan fingerprint density at radius 1 is 1.08 bits per heavy atom. The third-order valence-electron chi connectivity index (χ3n) is 4.20. The van der Waals surface area contributed by atoms with Gasteiger partial charge in [-0.25, -0.2) is 4.79 Å². The van der Waals surface area contributed by atoms with Crippen LogP contribution in [0.1, 0.15) is 12.0 Å². The summed E-state index contributed by atoms with van der Waals surface area (Å²) in [5.74, 6) is 0.873. The van der Waals surface area contributed by atoms with Gasteiger partial charge >= 0.3 is 6.09 Å². The maximum Gasteiger partial charge on any atom is 0.410 e.